The summed E-state index contributed by atoms with van der Waals surface area (Å²) in [5.74, 6) is -2.29. The molecule has 1 aliphatic rings. The molecular formula is C8H11NO4. The van der Waals surface area contributed by atoms with Crippen molar-refractivity contribution in [2.45, 2.75) is 19.4 Å². The van der Waals surface area contributed by atoms with Crippen molar-refractivity contribution >= 4 is 18.2 Å². The molecule has 5 heteroatoms. The van der Waals surface area contributed by atoms with Crippen molar-refractivity contribution in [1.29, 1.82) is 0 Å². The molecule has 1 saturated carbocycles. The van der Waals surface area contributed by atoms with E-state index >= 15 is 0 Å². The lowest BCUT2D eigenvalue weighted by Crippen LogP contribution is -2.35. The molecule has 1 aliphatic carbocycles. The first-order valence-corrected chi connectivity index (χ1v) is 4.04. The SMILES string of the molecule is CC(C=O)NC(=O)C1CC1C(=O)O. The zero-order chi connectivity index (χ0) is 10.0. The van der Waals surface area contributed by atoms with Crippen molar-refractivity contribution < 1.29 is 19.5 Å². The lowest BCUT2D eigenvalue weighted by molar-refractivity contribution is -0.140. The summed E-state index contributed by atoms with van der Waals surface area (Å²) in [5, 5.41) is 10.9. The van der Waals surface area contributed by atoms with E-state index in [4.69, 9.17) is 5.11 Å². The number of nitrogens with one attached hydrogen (secondary N) is 1. The van der Waals surface area contributed by atoms with Gasteiger partial charge >= 0.3 is 5.97 Å². The van der Waals surface area contributed by atoms with Crippen molar-refractivity contribution in [2.24, 2.45) is 11.8 Å². The summed E-state index contributed by atoms with van der Waals surface area (Å²) in [4.78, 5) is 31.7. The molecular weight excluding hydrogens is 174 g/mol. The number of hydrogen-bond donors (Lipinski definition) is 2. The minimum atomic E-state index is -0.945. The molecule has 72 valence electrons. The van der Waals surface area contributed by atoms with Crippen LogP contribution in [-0.2, 0) is 14.4 Å². The van der Waals surface area contributed by atoms with E-state index in [-0.39, 0.29) is 5.91 Å². The fourth-order valence-electron chi connectivity index (χ4n) is 1.12. The van der Waals surface area contributed by atoms with Gasteiger partial charge in [0.25, 0.3) is 0 Å². The molecule has 0 heterocycles. The molecule has 1 rings (SSSR count). The van der Waals surface area contributed by atoms with Crippen LogP contribution in [0.2, 0.25) is 0 Å². The number of carboxylic acid groups (broad SMARTS) is 1. The zero-order valence-electron chi connectivity index (χ0n) is 7.19. The Bertz CT molecular complexity index is 251. The van der Waals surface area contributed by atoms with Gasteiger partial charge in [-0.3, -0.25) is 9.59 Å². The predicted molar refractivity (Wildman–Crippen MR) is 42.9 cm³/mol. The summed E-state index contributed by atoms with van der Waals surface area (Å²) in [6.07, 6.45) is 0.989. The Morgan fingerprint density at radius 1 is 1.54 bits per heavy atom. The van der Waals surface area contributed by atoms with E-state index in [1.165, 1.54) is 0 Å². The van der Waals surface area contributed by atoms with E-state index in [2.05, 4.69) is 5.32 Å². The maximum absolute atomic E-state index is 11.2. The number of carbonyl (C=O) groups excluding carboxylic acids is 2. The third-order valence-electron chi connectivity index (χ3n) is 2.02. The second kappa shape index (κ2) is 3.55. The second-order valence-corrected chi connectivity index (χ2v) is 3.22. The van der Waals surface area contributed by atoms with Crippen LogP contribution in [-0.4, -0.2) is 29.3 Å². The summed E-state index contributed by atoms with van der Waals surface area (Å²) < 4.78 is 0. The molecule has 0 saturated heterocycles. The van der Waals surface area contributed by atoms with Gasteiger partial charge < -0.3 is 15.2 Å². The molecule has 0 aromatic heterocycles. The van der Waals surface area contributed by atoms with Gasteiger partial charge in [0.2, 0.25) is 5.91 Å². The molecule has 5 nitrogen and oxygen atoms in total. The minimum Gasteiger partial charge on any atom is -0.481 e. The normalized spacial score (nSPS) is 27.5. The van der Waals surface area contributed by atoms with Gasteiger partial charge in [0.1, 0.15) is 6.29 Å². The van der Waals surface area contributed by atoms with Crippen molar-refractivity contribution in [1.82, 2.24) is 5.32 Å². The van der Waals surface area contributed by atoms with E-state index in [0.717, 1.165) is 0 Å². The summed E-state index contributed by atoms with van der Waals surface area (Å²) in [6, 6.07) is -0.539. The molecule has 1 fully saturated rings. The lowest BCUT2D eigenvalue weighted by atomic mass is 10.3. The number of carbonyl (C=O) groups is 3. The van der Waals surface area contributed by atoms with Gasteiger partial charge in [0, 0.05) is 0 Å². The van der Waals surface area contributed by atoms with Crippen LogP contribution in [0.15, 0.2) is 0 Å². The highest BCUT2D eigenvalue weighted by Gasteiger charge is 2.48. The van der Waals surface area contributed by atoms with Crippen LogP contribution in [0.4, 0.5) is 0 Å². The van der Waals surface area contributed by atoms with E-state index in [0.29, 0.717) is 12.7 Å². The number of amides is 1. The van der Waals surface area contributed by atoms with Gasteiger partial charge in [-0.25, -0.2) is 0 Å². The van der Waals surface area contributed by atoms with Gasteiger partial charge in [0.15, 0.2) is 0 Å². The lowest BCUT2D eigenvalue weighted by Gasteiger charge is -2.05. The van der Waals surface area contributed by atoms with Gasteiger partial charge in [-0.05, 0) is 13.3 Å². The van der Waals surface area contributed by atoms with Gasteiger partial charge in [-0.2, -0.15) is 0 Å². The molecule has 3 unspecified atom stereocenters. The highest BCUT2D eigenvalue weighted by molar-refractivity contribution is 5.90. The molecule has 0 aromatic rings. The van der Waals surface area contributed by atoms with E-state index in [1.54, 1.807) is 6.92 Å². The average molecular weight is 185 g/mol. The fourth-order valence-corrected chi connectivity index (χ4v) is 1.12. The van der Waals surface area contributed by atoms with Crippen LogP contribution >= 0.6 is 0 Å². The predicted octanol–water partition coefficient (Wildman–Crippen LogP) is -0.589. The smallest absolute Gasteiger partial charge is 0.307 e. The zero-order valence-corrected chi connectivity index (χ0v) is 7.19. The quantitative estimate of drug-likeness (QED) is 0.573. The first-order valence-electron chi connectivity index (χ1n) is 4.04. The standard InChI is InChI=1S/C8H11NO4/c1-4(3-10)9-7(11)5-2-6(5)8(12)13/h3-6H,2H2,1H3,(H,9,11)(H,12,13). The highest BCUT2D eigenvalue weighted by atomic mass is 16.4. The Balaban J connectivity index is 2.35. The van der Waals surface area contributed by atoms with Crippen molar-refractivity contribution in [2.75, 3.05) is 0 Å². The number of hydrogen-bond acceptors (Lipinski definition) is 3. The molecule has 1 amide bonds. The summed E-state index contributed by atoms with van der Waals surface area (Å²) in [6.45, 7) is 1.54. The van der Waals surface area contributed by atoms with Gasteiger partial charge in [-0.1, -0.05) is 0 Å². The maximum atomic E-state index is 11.2. The third kappa shape index (κ3) is 2.27. The fraction of sp³-hybridized carbons (Fsp3) is 0.625. The minimum absolute atomic E-state index is 0.341. The van der Waals surface area contributed by atoms with Crippen LogP contribution in [0.3, 0.4) is 0 Å². The monoisotopic (exact) mass is 185 g/mol. The molecule has 0 aliphatic heterocycles. The number of carboxylic acids is 1. The van der Waals surface area contributed by atoms with E-state index in [9.17, 15) is 14.4 Å². The van der Waals surface area contributed by atoms with E-state index in [1.807, 2.05) is 0 Å². The molecule has 3 atom stereocenters. The van der Waals surface area contributed by atoms with Crippen molar-refractivity contribution in [3.63, 3.8) is 0 Å². The largest absolute Gasteiger partial charge is 0.481 e. The molecule has 0 radical (unpaired) electrons. The maximum Gasteiger partial charge on any atom is 0.307 e. The Morgan fingerprint density at radius 2 is 2.15 bits per heavy atom. The van der Waals surface area contributed by atoms with Crippen molar-refractivity contribution in [3.05, 3.63) is 0 Å². The third-order valence-corrected chi connectivity index (χ3v) is 2.02. The Kier molecular flexibility index (Phi) is 2.65. The Morgan fingerprint density at radius 3 is 2.54 bits per heavy atom. The molecule has 0 spiro atoms. The van der Waals surface area contributed by atoms with Crippen LogP contribution in [0.25, 0.3) is 0 Å². The molecule has 13 heavy (non-hydrogen) atoms. The highest BCUT2D eigenvalue weighted by Crippen LogP contribution is 2.38. The van der Waals surface area contributed by atoms with Crippen LogP contribution in [0.1, 0.15) is 13.3 Å². The molecule has 0 bridgehead atoms. The summed E-state index contributed by atoms with van der Waals surface area (Å²) in [5.41, 5.74) is 0. The van der Waals surface area contributed by atoms with E-state index < -0.39 is 23.8 Å². The average Bonchev–Trinajstić information content (AvgIpc) is 2.82. The topological polar surface area (TPSA) is 83.5 Å². The number of aldehydes is 1. The second-order valence-electron chi connectivity index (χ2n) is 3.22. The summed E-state index contributed by atoms with van der Waals surface area (Å²) in [7, 11) is 0. The summed E-state index contributed by atoms with van der Waals surface area (Å²) >= 11 is 0. The van der Waals surface area contributed by atoms with Crippen LogP contribution in [0.5, 0.6) is 0 Å². The number of rotatable bonds is 4. The first kappa shape index (κ1) is 9.70. The van der Waals surface area contributed by atoms with Crippen molar-refractivity contribution in [3.8, 4) is 0 Å². The Labute approximate surface area is 75.1 Å². The van der Waals surface area contributed by atoms with Crippen LogP contribution < -0.4 is 5.32 Å². The molecule has 2 N–H and O–H groups in total. The Hall–Kier alpha value is -1.39. The molecule has 0 aromatic carbocycles. The van der Waals surface area contributed by atoms with Gasteiger partial charge in [-0.15, -0.1) is 0 Å². The van der Waals surface area contributed by atoms with Crippen LogP contribution in [0, 0.1) is 11.8 Å². The van der Waals surface area contributed by atoms with Gasteiger partial charge in [0.05, 0.1) is 17.9 Å². The first-order chi connectivity index (χ1) is 6.06. The number of aliphatic carboxylic acids is 1.